The Labute approximate surface area is 152 Å². The van der Waals surface area contributed by atoms with Gasteiger partial charge in [0.2, 0.25) is 0 Å². The van der Waals surface area contributed by atoms with Crippen LogP contribution in [0.15, 0.2) is 79.0 Å². The molecule has 0 radical (unpaired) electrons. The predicted molar refractivity (Wildman–Crippen MR) is 104 cm³/mol. The Hall–Kier alpha value is -2.71. The lowest BCUT2D eigenvalue weighted by Gasteiger charge is -2.09. The third kappa shape index (κ3) is 3.40. The van der Waals surface area contributed by atoms with Crippen molar-refractivity contribution in [2.75, 3.05) is 0 Å². The summed E-state index contributed by atoms with van der Waals surface area (Å²) in [5.74, 6) is 0.844. The summed E-state index contributed by atoms with van der Waals surface area (Å²) in [6.45, 7) is 2.62. The summed E-state index contributed by atoms with van der Waals surface area (Å²) in [5.41, 5.74) is 4.66. The molecule has 0 fully saturated rings. The van der Waals surface area contributed by atoms with Gasteiger partial charge in [-0.15, -0.1) is 0 Å². The normalized spacial score (nSPS) is 11.0. The fourth-order valence-electron chi connectivity index (χ4n) is 2.98. The molecule has 3 aromatic carbocycles. The summed E-state index contributed by atoms with van der Waals surface area (Å²) in [6, 6.07) is 24.5. The van der Waals surface area contributed by atoms with E-state index in [1.54, 1.807) is 0 Å². The van der Waals surface area contributed by atoms with E-state index >= 15 is 0 Å². The lowest BCUT2D eigenvalue weighted by molar-refractivity contribution is 0.306. The molecule has 0 bridgehead atoms. The molecule has 4 aromatic rings. The molecule has 3 heteroatoms. The molecule has 0 N–H and O–H groups in total. The largest absolute Gasteiger partial charge is 0.489 e. The first-order valence-corrected chi connectivity index (χ1v) is 8.62. The van der Waals surface area contributed by atoms with E-state index in [9.17, 15) is 0 Å². The van der Waals surface area contributed by atoms with Crippen LogP contribution in [-0.4, -0.2) is 4.57 Å². The molecule has 0 aliphatic carbocycles. The molecular weight excluding hydrogens is 330 g/mol. The lowest BCUT2D eigenvalue weighted by Crippen LogP contribution is -1.96. The summed E-state index contributed by atoms with van der Waals surface area (Å²) in [7, 11) is 0. The molecule has 0 aliphatic rings. The molecule has 0 spiro atoms. The highest BCUT2D eigenvalue weighted by molar-refractivity contribution is 6.30. The summed E-state index contributed by atoms with van der Waals surface area (Å²) in [6.07, 6.45) is 2.10. The molecule has 2 nitrogen and oxygen atoms in total. The highest BCUT2D eigenvalue weighted by Gasteiger charge is 2.04. The van der Waals surface area contributed by atoms with Gasteiger partial charge in [0.15, 0.2) is 0 Å². The number of halogens is 1. The maximum Gasteiger partial charge on any atom is 0.119 e. The van der Waals surface area contributed by atoms with E-state index in [1.807, 2.05) is 36.4 Å². The van der Waals surface area contributed by atoms with E-state index in [-0.39, 0.29) is 0 Å². The quantitative estimate of drug-likeness (QED) is 0.430. The first-order valence-electron chi connectivity index (χ1n) is 8.24. The van der Waals surface area contributed by atoms with Crippen molar-refractivity contribution in [1.82, 2.24) is 4.57 Å². The van der Waals surface area contributed by atoms with Crippen LogP contribution in [0.1, 0.15) is 11.1 Å². The van der Waals surface area contributed by atoms with Crippen molar-refractivity contribution in [3.63, 3.8) is 0 Å². The van der Waals surface area contributed by atoms with Gasteiger partial charge in [-0.05, 0) is 67.1 Å². The first kappa shape index (κ1) is 15.8. The fourth-order valence-corrected chi connectivity index (χ4v) is 3.20. The summed E-state index contributed by atoms with van der Waals surface area (Å²) in [4.78, 5) is 0. The zero-order valence-electron chi connectivity index (χ0n) is 13.9. The third-order valence-electron chi connectivity index (χ3n) is 4.26. The third-order valence-corrected chi connectivity index (χ3v) is 4.49. The Balaban J connectivity index is 1.53. The Morgan fingerprint density at radius 1 is 0.920 bits per heavy atom. The average Bonchev–Trinajstić information content (AvgIpc) is 3.03. The second kappa shape index (κ2) is 6.66. The lowest BCUT2D eigenvalue weighted by atomic mass is 10.2. The van der Waals surface area contributed by atoms with Gasteiger partial charge in [-0.25, -0.2) is 0 Å². The maximum absolute atomic E-state index is 6.00. The van der Waals surface area contributed by atoms with Crippen molar-refractivity contribution in [2.45, 2.75) is 13.5 Å². The number of rotatable bonds is 4. The zero-order valence-corrected chi connectivity index (χ0v) is 14.7. The van der Waals surface area contributed by atoms with E-state index in [2.05, 4.69) is 54.1 Å². The number of benzene rings is 3. The van der Waals surface area contributed by atoms with E-state index < -0.39 is 0 Å². The second-order valence-corrected chi connectivity index (χ2v) is 6.60. The van der Waals surface area contributed by atoms with E-state index in [1.165, 1.54) is 16.5 Å². The average molecular weight is 348 g/mol. The topological polar surface area (TPSA) is 14.2 Å². The number of hydrogen-bond acceptors (Lipinski definition) is 1. The predicted octanol–water partition coefficient (Wildman–Crippen LogP) is 6.17. The standard InChI is InChI=1S/C22H18ClNO/c1-16-5-10-22-18(13-16)11-12-24(22)20-6-8-21(9-7-20)25-15-17-3-2-4-19(23)14-17/h2-14H,15H2,1H3. The van der Waals surface area contributed by atoms with Gasteiger partial charge in [0.1, 0.15) is 12.4 Å². The van der Waals surface area contributed by atoms with Crippen molar-refractivity contribution in [2.24, 2.45) is 0 Å². The fraction of sp³-hybridized carbons (Fsp3) is 0.0909. The molecule has 0 saturated carbocycles. The number of hydrogen-bond donors (Lipinski definition) is 0. The van der Waals surface area contributed by atoms with E-state index in [0.717, 1.165) is 22.0 Å². The Morgan fingerprint density at radius 2 is 1.76 bits per heavy atom. The number of nitrogens with zero attached hydrogens (tertiary/aromatic N) is 1. The van der Waals surface area contributed by atoms with Crippen LogP contribution in [0.3, 0.4) is 0 Å². The van der Waals surface area contributed by atoms with E-state index in [0.29, 0.717) is 6.61 Å². The SMILES string of the molecule is Cc1ccc2c(ccn2-c2ccc(OCc3cccc(Cl)c3)cc2)c1. The first-order chi connectivity index (χ1) is 12.2. The molecule has 0 aliphatic heterocycles. The van der Waals surface area contributed by atoms with Crippen LogP contribution >= 0.6 is 11.6 Å². The molecular formula is C22H18ClNO. The molecule has 0 amide bonds. The van der Waals surface area contributed by atoms with Crippen molar-refractivity contribution >= 4 is 22.5 Å². The van der Waals surface area contributed by atoms with Gasteiger partial charge in [0, 0.05) is 22.3 Å². The van der Waals surface area contributed by atoms with Gasteiger partial charge >= 0.3 is 0 Å². The monoisotopic (exact) mass is 347 g/mol. The molecule has 4 rings (SSSR count). The van der Waals surface area contributed by atoms with Gasteiger partial charge in [-0.2, -0.15) is 0 Å². The smallest absolute Gasteiger partial charge is 0.119 e. The zero-order chi connectivity index (χ0) is 17.2. The molecule has 1 aromatic heterocycles. The van der Waals surface area contributed by atoms with Gasteiger partial charge in [-0.3, -0.25) is 0 Å². The van der Waals surface area contributed by atoms with Gasteiger partial charge in [0.25, 0.3) is 0 Å². The van der Waals surface area contributed by atoms with Crippen molar-refractivity contribution in [1.29, 1.82) is 0 Å². The summed E-state index contributed by atoms with van der Waals surface area (Å²) < 4.78 is 8.04. The van der Waals surface area contributed by atoms with E-state index in [4.69, 9.17) is 16.3 Å². The van der Waals surface area contributed by atoms with Crippen LogP contribution in [0.2, 0.25) is 5.02 Å². The van der Waals surface area contributed by atoms with Crippen LogP contribution in [0.5, 0.6) is 5.75 Å². The number of fused-ring (bicyclic) bond motifs is 1. The highest BCUT2D eigenvalue weighted by atomic mass is 35.5. The maximum atomic E-state index is 6.00. The number of aromatic nitrogens is 1. The minimum Gasteiger partial charge on any atom is -0.489 e. The Kier molecular flexibility index (Phi) is 4.21. The van der Waals surface area contributed by atoms with Gasteiger partial charge < -0.3 is 9.30 Å². The molecule has 0 unspecified atom stereocenters. The van der Waals surface area contributed by atoms with Gasteiger partial charge in [-0.1, -0.05) is 35.4 Å². The van der Waals surface area contributed by atoms with Crippen LogP contribution in [-0.2, 0) is 6.61 Å². The number of ether oxygens (including phenoxy) is 1. The molecule has 25 heavy (non-hydrogen) atoms. The minimum atomic E-state index is 0.506. The Bertz CT molecular complexity index is 1020. The van der Waals surface area contributed by atoms with Crippen LogP contribution in [0.25, 0.3) is 16.6 Å². The van der Waals surface area contributed by atoms with Crippen LogP contribution in [0.4, 0.5) is 0 Å². The van der Waals surface area contributed by atoms with Crippen LogP contribution < -0.4 is 4.74 Å². The molecule has 124 valence electrons. The molecule has 0 atom stereocenters. The van der Waals surface area contributed by atoms with Crippen molar-refractivity contribution in [3.8, 4) is 11.4 Å². The number of aryl methyl sites for hydroxylation is 1. The summed E-state index contributed by atoms with van der Waals surface area (Å²) in [5, 5.41) is 1.98. The molecule has 0 saturated heterocycles. The minimum absolute atomic E-state index is 0.506. The molecule has 1 heterocycles. The van der Waals surface area contributed by atoms with Gasteiger partial charge in [0.05, 0.1) is 5.52 Å². The van der Waals surface area contributed by atoms with Crippen molar-refractivity contribution in [3.05, 3.63) is 95.1 Å². The van der Waals surface area contributed by atoms with Crippen molar-refractivity contribution < 1.29 is 4.74 Å². The highest BCUT2D eigenvalue weighted by Crippen LogP contribution is 2.23. The second-order valence-electron chi connectivity index (χ2n) is 6.16. The summed E-state index contributed by atoms with van der Waals surface area (Å²) >= 11 is 6.00. The Morgan fingerprint density at radius 3 is 2.56 bits per heavy atom. The van der Waals surface area contributed by atoms with Crippen LogP contribution in [0, 0.1) is 6.92 Å².